The second-order valence-electron chi connectivity index (χ2n) is 3.23. The van der Waals surface area contributed by atoms with E-state index in [-0.39, 0.29) is 4.83 Å². The van der Waals surface area contributed by atoms with E-state index in [0.29, 0.717) is 0 Å². The van der Waals surface area contributed by atoms with E-state index in [4.69, 9.17) is 4.74 Å². The number of methoxy groups -OCH3 is 1. The Labute approximate surface area is 85.7 Å². The number of ether oxygens (including phenoxy) is 1. The Morgan fingerprint density at radius 2 is 2.31 bits per heavy atom. The second-order valence-corrected chi connectivity index (χ2v) is 4.41. The van der Waals surface area contributed by atoms with Crippen LogP contribution in [-0.4, -0.2) is 17.0 Å². The minimum absolute atomic E-state index is 0.148. The van der Waals surface area contributed by atoms with E-state index in [2.05, 4.69) is 15.9 Å². The maximum absolute atomic E-state index is 9.77. The molecule has 2 nitrogen and oxygen atoms in total. The van der Waals surface area contributed by atoms with Gasteiger partial charge in [0.2, 0.25) is 0 Å². The highest BCUT2D eigenvalue weighted by Crippen LogP contribution is 2.37. The number of alkyl halides is 1. The summed E-state index contributed by atoms with van der Waals surface area (Å²) in [4.78, 5) is 0.148. The first kappa shape index (κ1) is 9.03. The molecule has 0 bridgehead atoms. The summed E-state index contributed by atoms with van der Waals surface area (Å²) < 4.78 is 5.10. The van der Waals surface area contributed by atoms with Crippen LogP contribution >= 0.6 is 15.9 Å². The molecule has 0 saturated heterocycles. The van der Waals surface area contributed by atoms with Crippen molar-refractivity contribution in [3.05, 3.63) is 29.3 Å². The summed E-state index contributed by atoms with van der Waals surface area (Å²) in [6.45, 7) is 0. The topological polar surface area (TPSA) is 29.5 Å². The van der Waals surface area contributed by atoms with Crippen molar-refractivity contribution in [1.82, 2.24) is 0 Å². The monoisotopic (exact) mass is 242 g/mol. The fourth-order valence-electron chi connectivity index (χ4n) is 1.68. The van der Waals surface area contributed by atoms with Gasteiger partial charge in [-0.3, -0.25) is 0 Å². The molecular formula is C10H11BrO2. The van der Waals surface area contributed by atoms with Gasteiger partial charge in [-0.25, -0.2) is 0 Å². The van der Waals surface area contributed by atoms with Gasteiger partial charge in [0, 0.05) is 4.83 Å². The molecule has 1 N–H and O–H groups in total. The molecule has 0 heterocycles. The number of rotatable bonds is 1. The molecule has 0 aliphatic heterocycles. The van der Waals surface area contributed by atoms with Gasteiger partial charge < -0.3 is 9.84 Å². The van der Waals surface area contributed by atoms with Gasteiger partial charge in [-0.2, -0.15) is 0 Å². The van der Waals surface area contributed by atoms with Gasteiger partial charge in [-0.05, 0) is 29.7 Å². The molecule has 0 amide bonds. The van der Waals surface area contributed by atoms with E-state index in [9.17, 15) is 5.11 Å². The smallest absolute Gasteiger partial charge is 0.119 e. The number of hydrogen-bond donors (Lipinski definition) is 1. The quantitative estimate of drug-likeness (QED) is 0.765. The molecule has 70 valence electrons. The first-order valence-corrected chi connectivity index (χ1v) is 5.13. The normalized spacial score (nSPS) is 25.8. The fourth-order valence-corrected chi connectivity index (χ4v) is 2.31. The third-order valence-corrected chi connectivity index (χ3v) is 3.25. The Bertz CT molecular complexity index is 325. The number of aliphatic hydroxyl groups is 1. The summed E-state index contributed by atoms with van der Waals surface area (Å²) in [6, 6.07) is 5.84. The molecule has 0 saturated carbocycles. The first-order valence-electron chi connectivity index (χ1n) is 4.21. The molecule has 1 aromatic carbocycles. The van der Waals surface area contributed by atoms with Crippen LogP contribution in [0.2, 0.25) is 0 Å². The van der Waals surface area contributed by atoms with Crippen LogP contribution in [-0.2, 0) is 6.42 Å². The van der Waals surface area contributed by atoms with Crippen molar-refractivity contribution in [2.45, 2.75) is 17.4 Å². The first-order chi connectivity index (χ1) is 6.22. The van der Waals surface area contributed by atoms with Crippen LogP contribution in [0.3, 0.4) is 0 Å². The van der Waals surface area contributed by atoms with Gasteiger partial charge in [0.15, 0.2) is 0 Å². The zero-order valence-corrected chi connectivity index (χ0v) is 8.91. The fraction of sp³-hybridized carbons (Fsp3) is 0.400. The average Bonchev–Trinajstić information content (AvgIpc) is 2.43. The Kier molecular flexibility index (Phi) is 2.30. The molecule has 2 atom stereocenters. The number of benzene rings is 1. The van der Waals surface area contributed by atoms with Crippen molar-refractivity contribution >= 4 is 15.9 Å². The summed E-state index contributed by atoms with van der Waals surface area (Å²) in [6.07, 6.45) is 0.491. The summed E-state index contributed by atoms with van der Waals surface area (Å²) in [7, 11) is 1.63. The van der Waals surface area contributed by atoms with Crippen LogP contribution in [0.15, 0.2) is 18.2 Å². The van der Waals surface area contributed by atoms with Crippen LogP contribution in [0.1, 0.15) is 17.2 Å². The molecular weight excluding hydrogens is 232 g/mol. The van der Waals surface area contributed by atoms with Crippen LogP contribution in [0.4, 0.5) is 0 Å². The van der Waals surface area contributed by atoms with E-state index >= 15 is 0 Å². The molecule has 0 fully saturated rings. The van der Waals surface area contributed by atoms with Gasteiger partial charge in [0.05, 0.1) is 13.2 Å². The van der Waals surface area contributed by atoms with Gasteiger partial charge in [-0.1, -0.05) is 22.0 Å². The van der Waals surface area contributed by atoms with E-state index < -0.39 is 6.10 Å². The molecule has 0 radical (unpaired) electrons. The second kappa shape index (κ2) is 3.31. The SMILES string of the molecule is COc1ccc2c(c1)C(O)C(Br)C2. The van der Waals surface area contributed by atoms with Crippen LogP contribution in [0, 0.1) is 0 Å². The third kappa shape index (κ3) is 1.46. The zero-order valence-electron chi connectivity index (χ0n) is 7.33. The average molecular weight is 243 g/mol. The van der Waals surface area contributed by atoms with Gasteiger partial charge in [0.1, 0.15) is 5.75 Å². The number of fused-ring (bicyclic) bond motifs is 1. The molecule has 3 heteroatoms. The van der Waals surface area contributed by atoms with Crippen molar-refractivity contribution in [1.29, 1.82) is 0 Å². The van der Waals surface area contributed by atoms with Crippen molar-refractivity contribution in [3.8, 4) is 5.75 Å². The van der Waals surface area contributed by atoms with E-state index in [1.54, 1.807) is 7.11 Å². The number of hydrogen-bond acceptors (Lipinski definition) is 2. The molecule has 2 rings (SSSR count). The lowest BCUT2D eigenvalue weighted by Gasteiger charge is -2.08. The largest absolute Gasteiger partial charge is 0.497 e. The van der Waals surface area contributed by atoms with Crippen molar-refractivity contribution in [2.24, 2.45) is 0 Å². The molecule has 1 aliphatic rings. The third-order valence-electron chi connectivity index (χ3n) is 2.43. The summed E-state index contributed by atoms with van der Waals surface area (Å²) >= 11 is 3.44. The molecule has 13 heavy (non-hydrogen) atoms. The Hall–Kier alpha value is -0.540. The standard InChI is InChI=1S/C10H11BrO2/c1-13-7-3-2-6-4-9(11)10(12)8(6)5-7/h2-3,5,9-10,12H,4H2,1H3. The minimum atomic E-state index is -0.398. The maximum Gasteiger partial charge on any atom is 0.119 e. The summed E-state index contributed by atoms with van der Waals surface area (Å²) in [5, 5.41) is 9.77. The lowest BCUT2D eigenvalue weighted by atomic mass is 10.1. The highest BCUT2D eigenvalue weighted by atomic mass is 79.9. The molecule has 1 aliphatic carbocycles. The van der Waals surface area contributed by atoms with Gasteiger partial charge >= 0.3 is 0 Å². The maximum atomic E-state index is 9.77. The Morgan fingerprint density at radius 1 is 1.54 bits per heavy atom. The van der Waals surface area contributed by atoms with E-state index in [1.165, 1.54) is 5.56 Å². The van der Waals surface area contributed by atoms with Crippen molar-refractivity contribution in [3.63, 3.8) is 0 Å². The number of aliphatic hydroxyl groups excluding tert-OH is 1. The van der Waals surface area contributed by atoms with Crippen LogP contribution < -0.4 is 4.74 Å². The van der Waals surface area contributed by atoms with E-state index in [0.717, 1.165) is 17.7 Å². The molecule has 0 aromatic heterocycles. The molecule has 0 spiro atoms. The van der Waals surface area contributed by atoms with Gasteiger partial charge in [0.25, 0.3) is 0 Å². The van der Waals surface area contributed by atoms with E-state index in [1.807, 2.05) is 18.2 Å². The summed E-state index contributed by atoms with van der Waals surface area (Å²) in [5.41, 5.74) is 2.19. The molecule has 2 unspecified atom stereocenters. The highest BCUT2D eigenvalue weighted by molar-refractivity contribution is 9.09. The van der Waals surface area contributed by atoms with Gasteiger partial charge in [-0.15, -0.1) is 0 Å². The van der Waals surface area contributed by atoms with Crippen LogP contribution in [0.5, 0.6) is 5.75 Å². The lowest BCUT2D eigenvalue weighted by molar-refractivity contribution is 0.187. The zero-order chi connectivity index (χ0) is 9.42. The number of halogens is 1. The van der Waals surface area contributed by atoms with Crippen molar-refractivity contribution < 1.29 is 9.84 Å². The lowest BCUT2D eigenvalue weighted by Crippen LogP contribution is -2.04. The summed E-state index contributed by atoms with van der Waals surface area (Å²) in [5.74, 6) is 0.805. The molecule has 1 aromatic rings. The minimum Gasteiger partial charge on any atom is -0.497 e. The van der Waals surface area contributed by atoms with Crippen molar-refractivity contribution in [2.75, 3.05) is 7.11 Å². The Morgan fingerprint density at radius 3 is 3.00 bits per heavy atom. The predicted octanol–water partition coefficient (Wildman–Crippen LogP) is 2.05. The Balaban J connectivity index is 2.42. The van der Waals surface area contributed by atoms with Crippen LogP contribution in [0.25, 0.3) is 0 Å². The highest BCUT2D eigenvalue weighted by Gasteiger charge is 2.28. The predicted molar refractivity (Wildman–Crippen MR) is 54.4 cm³/mol.